The van der Waals surface area contributed by atoms with Gasteiger partial charge in [0.15, 0.2) is 0 Å². The normalized spacial score (nSPS) is 14.3. The minimum Gasteiger partial charge on any atom is -0.481 e. The van der Waals surface area contributed by atoms with Gasteiger partial charge in [-0.1, -0.05) is 12.1 Å². The van der Waals surface area contributed by atoms with Gasteiger partial charge in [-0.25, -0.2) is 0 Å². The highest BCUT2D eigenvalue weighted by Gasteiger charge is 2.21. The number of carboxylic acids is 1. The molecule has 15 heavy (non-hydrogen) atoms. The summed E-state index contributed by atoms with van der Waals surface area (Å²) < 4.78 is 0. The molecule has 0 saturated heterocycles. The molecule has 0 aliphatic carbocycles. The maximum absolute atomic E-state index is 10.6. The van der Waals surface area contributed by atoms with E-state index in [1.54, 1.807) is 24.3 Å². The molecule has 5 heteroatoms. The number of aliphatic hydroxyl groups is 1. The summed E-state index contributed by atoms with van der Waals surface area (Å²) in [4.78, 5) is 10.6. The molecule has 82 valence electrons. The van der Waals surface area contributed by atoms with Gasteiger partial charge in [-0.3, -0.25) is 4.79 Å². The topological polar surface area (TPSA) is 95.6 Å². The third-order valence-corrected chi connectivity index (χ3v) is 2.13. The van der Waals surface area contributed by atoms with E-state index in [1.807, 2.05) is 0 Å². The van der Waals surface area contributed by atoms with E-state index >= 15 is 0 Å². The Balaban J connectivity index is 2.70. The van der Waals surface area contributed by atoms with E-state index < -0.39 is 18.1 Å². The Morgan fingerprint density at radius 2 is 2.07 bits per heavy atom. The van der Waals surface area contributed by atoms with Crippen molar-refractivity contribution >= 4 is 17.3 Å². The van der Waals surface area contributed by atoms with Crippen molar-refractivity contribution in [3.8, 4) is 0 Å². The first-order chi connectivity index (χ1) is 7.02. The number of hydrogen-bond donors (Lipinski definition) is 4. The zero-order valence-electron chi connectivity index (χ0n) is 8.34. The van der Waals surface area contributed by atoms with Crippen LogP contribution in [0.3, 0.4) is 0 Å². The number of rotatable bonds is 4. The highest BCUT2D eigenvalue weighted by Crippen LogP contribution is 2.19. The summed E-state index contributed by atoms with van der Waals surface area (Å²) in [6.07, 6.45) is -1.16. The van der Waals surface area contributed by atoms with Gasteiger partial charge in [0.2, 0.25) is 0 Å². The zero-order chi connectivity index (χ0) is 11.4. The molecule has 0 aliphatic heterocycles. The Bertz CT molecular complexity index is 354. The molecule has 0 saturated carbocycles. The van der Waals surface area contributed by atoms with E-state index in [-0.39, 0.29) is 0 Å². The Labute approximate surface area is 87.5 Å². The summed E-state index contributed by atoms with van der Waals surface area (Å²) >= 11 is 0. The zero-order valence-corrected chi connectivity index (χ0v) is 8.34. The predicted octanol–water partition coefficient (Wildman–Crippen LogP) is 0.720. The number of para-hydroxylation sites is 2. The quantitative estimate of drug-likeness (QED) is 0.434. The van der Waals surface area contributed by atoms with E-state index in [1.165, 1.54) is 6.92 Å². The van der Waals surface area contributed by atoms with Crippen LogP contribution in [0.25, 0.3) is 0 Å². The first-order valence-electron chi connectivity index (χ1n) is 4.54. The van der Waals surface area contributed by atoms with Crippen molar-refractivity contribution in [3.05, 3.63) is 24.3 Å². The van der Waals surface area contributed by atoms with Gasteiger partial charge < -0.3 is 21.3 Å². The number of anilines is 2. The van der Waals surface area contributed by atoms with Crippen LogP contribution in [0.1, 0.15) is 6.92 Å². The molecule has 0 spiro atoms. The average molecular weight is 210 g/mol. The molecule has 2 atom stereocenters. The van der Waals surface area contributed by atoms with E-state index in [9.17, 15) is 9.90 Å². The third kappa shape index (κ3) is 2.85. The fraction of sp³-hybridized carbons (Fsp3) is 0.300. The fourth-order valence-electron chi connectivity index (χ4n) is 1.05. The number of aliphatic carboxylic acids is 1. The third-order valence-electron chi connectivity index (χ3n) is 2.13. The molecule has 0 aromatic heterocycles. The minimum absolute atomic E-state index is 0.467. The van der Waals surface area contributed by atoms with Crippen molar-refractivity contribution in [3.63, 3.8) is 0 Å². The standard InChI is InChI=1S/C10H14N2O3/c1-6(10(14)15)9(13)12-8-5-3-2-4-7(8)11/h2-6,9,12-13H,11H2,1H3,(H,14,15). The second-order valence-electron chi connectivity index (χ2n) is 3.30. The molecule has 0 bridgehead atoms. The van der Waals surface area contributed by atoms with Gasteiger partial charge in [-0.05, 0) is 19.1 Å². The molecular formula is C10H14N2O3. The molecule has 1 aromatic carbocycles. The molecule has 2 unspecified atom stereocenters. The SMILES string of the molecule is CC(C(=O)O)C(O)Nc1ccccc1N. The maximum Gasteiger partial charge on any atom is 0.310 e. The van der Waals surface area contributed by atoms with Crippen LogP contribution < -0.4 is 11.1 Å². The monoisotopic (exact) mass is 210 g/mol. The minimum atomic E-state index is -1.16. The number of benzene rings is 1. The summed E-state index contributed by atoms with van der Waals surface area (Å²) in [7, 11) is 0. The highest BCUT2D eigenvalue weighted by molar-refractivity contribution is 5.72. The Hall–Kier alpha value is -1.75. The molecule has 5 nitrogen and oxygen atoms in total. The van der Waals surface area contributed by atoms with Crippen LogP contribution in [0.5, 0.6) is 0 Å². The van der Waals surface area contributed by atoms with Gasteiger partial charge in [0.05, 0.1) is 17.3 Å². The molecule has 0 aliphatic rings. The summed E-state index contributed by atoms with van der Waals surface area (Å²) in [5.74, 6) is -1.96. The summed E-state index contributed by atoms with van der Waals surface area (Å²) in [6.45, 7) is 1.42. The van der Waals surface area contributed by atoms with Crippen molar-refractivity contribution in [1.29, 1.82) is 0 Å². The number of carbonyl (C=O) groups is 1. The number of carboxylic acid groups (broad SMARTS) is 1. The van der Waals surface area contributed by atoms with E-state index in [0.29, 0.717) is 11.4 Å². The number of aliphatic hydroxyl groups excluding tert-OH is 1. The van der Waals surface area contributed by atoms with Gasteiger partial charge in [0.25, 0.3) is 0 Å². The number of nitrogens with one attached hydrogen (secondary N) is 1. The highest BCUT2D eigenvalue weighted by atomic mass is 16.4. The van der Waals surface area contributed by atoms with Crippen LogP contribution >= 0.6 is 0 Å². The Kier molecular flexibility index (Phi) is 3.51. The van der Waals surface area contributed by atoms with Crippen LogP contribution in [-0.2, 0) is 4.79 Å². The van der Waals surface area contributed by atoms with Crippen molar-refractivity contribution in [2.45, 2.75) is 13.2 Å². The smallest absolute Gasteiger partial charge is 0.310 e. The molecule has 0 heterocycles. The van der Waals surface area contributed by atoms with E-state index in [4.69, 9.17) is 10.8 Å². The summed E-state index contributed by atoms with van der Waals surface area (Å²) in [5.41, 5.74) is 6.62. The van der Waals surface area contributed by atoms with Crippen LogP contribution in [0.2, 0.25) is 0 Å². The van der Waals surface area contributed by atoms with E-state index in [2.05, 4.69) is 5.32 Å². The first kappa shape index (κ1) is 11.3. The maximum atomic E-state index is 10.6. The van der Waals surface area contributed by atoms with Crippen molar-refractivity contribution in [1.82, 2.24) is 0 Å². The van der Waals surface area contributed by atoms with E-state index in [0.717, 1.165) is 0 Å². The lowest BCUT2D eigenvalue weighted by Gasteiger charge is -2.18. The van der Waals surface area contributed by atoms with Crippen LogP contribution in [0, 0.1) is 5.92 Å². The second-order valence-corrected chi connectivity index (χ2v) is 3.30. The van der Waals surface area contributed by atoms with Gasteiger partial charge in [0.1, 0.15) is 6.23 Å². The van der Waals surface area contributed by atoms with Crippen molar-refractivity contribution in [2.75, 3.05) is 11.1 Å². The van der Waals surface area contributed by atoms with Crippen LogP contribution in [-0.4, -0.2) is 22.4 Å². The molecule has 1 rings (SSSR count). The lowest BCUT2D eigenvalue weighted by Crippen LogP contribution is -2.32. The Morgan fingerprint density at radius 1 is 1.47 bits per heavy atom. The number of nitrogen functional groups attached to an aromatic ring is 1. The molecular weight excluding hydrogens is 196 g/mol. The summed E-state index contributed by atoms with van der Waals surface area (Å²) in [6, 6.07) is 6.85. The molecule has 0 fully saturated rings. The summed E-state index contributed by atoms with van der Waals surface area (Å²) in [5, 5.41) is 20.8. The average Bonchev–Trinajstić information content (AvgIpc) is 2.20. The molecule has 1 aromatic rings. The number of nitrogens with two attached hydrogens (primary N) is 1. The van der Waals surface area contributed by atoms with Crippen molar-refractivity contribution in [2.24, 2.45) is 5.92 Å². The number of hydrogen-bond acceptors (Lipinski definition) is 4. The second kappa shape index (κ2) is 4.65. The first-order valence-corrected chi connectivity index (χ1v) is 4.54. The predicted molar refractivity (Wildman–Crippen MR) is 57.3 cm³/mol. The molecule has 0 amide bonds. The fourth-order valence-corrected chi connectivity index (χ4v) is 1.05. The lowest BCUT2D eigenvalue weighted by atomic mass is 10.1. The van der Waals surface area contributed by atoms with Gasteiger partial charge >= 0.3 is 5.97 Å². The lowest BCUT2D eigenvalue weighted by molar-refractivity contribution is -0.144. The van der Waals surface area contributed by atoms with Crippen LogP contribution in [0.4, 0.5) is 11.4 Å². The Morgan fingerprint density at radius 3 is 2.60 bits per heavy atom. The molecule has 5 N–H and O–H groups in total. The van der Waals surface area contributed by atoms with Gasteiger partial charge in [0, 0.05) is 0 Å². The van der Waals surface area contributed by atoms with Gasteiger partial charge in [-0.2, -0.15) is 0 Å². The van der Waals surface area contributed by atoms with Gasteiger partial charge in [-0.15, -0.1) is 0 Å². The molecule has 0 radical (unpaired) electrons. The van der Waals surface area contributed by atoms with Crippen LogP contribution in [0.15, 0.2) is 24.3 Å². The van der Waals surface area contributed by atoms with Crippen molar-refractivity contribution < 1.29 is 15.0 Å². The largest absolute Gasteiger partial charge is 0.481 e.